The van der Waals surface area contributed by atoms with Crippen LogP contribution in [0.2, 0.25) is 0 Å². The van der Waals surface area contributed by atoms with E-state index in [1.807, 2.05) is 44.2 Å². The highest BCUT2D eigenvalue weighted by atomic mass is 32.1. The van der Waals surface area contributed by atoms with Crippen LogP contribution in [-0.2, 0) is 25.5 Å². The number of rotatable bonds is 5. The molecule has 0 radical (unpaired) electrons. The van der Waals surface area contributed by atoms with E-state index in [1.165, 1.54) is 19.8 Å². The summed E-state index contributed by atoms with van der Waals surface area (Å²) in [5.41, 5.74) is 3.43. The van der Waals surface area contributed by atoms with Gasteiger partial charge in [0.2, 0.25) is 0 Å². The van der Waals surface area contributed by atoms with Gasteiger partial charge in [0.1, 0.15) is 0 Å². The first kappa shape index (κ1) is 19.9. The molecule has 2 heterocycles. The average molecular weight is 397 g/mol. The normalized spacial score (nSPS) is 14.7. The van der Waals surface area contributed by atoms with E-state index in [1.54, 1.807) is 11.3 Å². The van der Waals surface area contributed by atoms with Crippen molar-refractivity contribution in [2.75, 3.05) is 14.2 Å². The number of esters is 2. The maximum Gasteiger partial charge on any atom is 0.336 e. The molecule has 1 aliphatic heterocycles. The summed E-state index contributed by atoms with van der Waals surface area (Å²) in [4.78, 5) is 27.1. The minimum absolute atomic E-state index is 0.432. The molecule has 1 aliphatic rings. The molecule has 3 rings (SSSR count). The van der Waals surface area contributed by atoms with Crippen LogP contribution in [0.4, 0.5) is 0 Å². The standard InChI is InChI=1S/C22H23NO4S/c1-13-18(21(24)26-3)20(19(14(2)23-13)22(25)27-4)17-11-10-16(28-17)12-15-8-6-5-7-9-15/h5-11,20,23H,12H2,1-4H3. The lowest BCUT2D eigenvalue weighted by Crippen LogP contribution is -2.31. The fourth-order valence-electron chi connectivity index (χ4n) is 3.48. The molecule has 0 fully saturated rings. The zero-order chi connectivity index (χ0) is 20.3. The topological polar surface area (TPSA) is 64.6 Å². The zero-order valence-electron chi connectivity index (χ0n) is 16.4. The van der Waals surface area contributed by atoms with Gasteiger partial charge >= 0.3 is 11.9 Å². The Morgan fingerprint density at radius 1 is 0.929 bits per heavy atom. The van der Waals surface area contributed by atoms with E-state index in [4.69, 9.17) is 9.47 Å². The molecule has 0 unspecified atom stereocenters. The lowest BCUT2D eigenvalue weighted by Gasteiger charge is -2.29. The number of benzene rings is 1. The number of nitrogens with one attached hydrogen (secondary N) is 1. The van der Waals surface area contributed by atoms with Gasteiger partial charge in [-0.3, -0.25) is 0 Å². The van der Waals surface area contributed by atoms with Gasteiger partial charge in [-0.25, -0.2) is 9.59 Å². The largest absolute Gasteiger partial charge is 0.466 e. The fraction of sp³-hybridized carbons (Fsp3) is 0.273. The fourth-order valence-corrected chi connectivity index (χ4v) is 4.65. The predicted molar refractivity (Wildman–Crippen MR) is 109 cm³/mol. The third-order valence-electron chi connectivity index (χ3n) is 4.76. The van der Waals surface area contributed by atoms with Gasteiger partial charge in [-0.05, 0) is 31.5 Å². The molecule has 0 saturated heterocycles. The van der Waals surface area contributed by atoms with E-state index in [2.05, 4.69) is 17.4 Å². The smallest absolute Gasteiger partial charge is 0.336 e. The maximum atomic E-state index is 12.5. The molecule has 1 N–H and O–H groups in total. The molecule has 0 saturated carbocycles. The summed E-state index contributed by atoms with van der Waals surface area (Å²) in [5, 5.41) is 3.12. The summed E-state index contributed by atoms with van der Waals surface area (Å²) < 4.78 is 10.0. The number of methoxy groups -OCH3 is 2. The van der Waals surface area contributed by atoms with E-state index < -0.39 is 17.9 Å². The molecule has 146 valence electrons. The Hall–Kier alpha value is -2.86. The predicted octanol–water partition coefficient (Wildman–Crippen LogP) is 3.92. The quantitative estimate of drug-likeness (QED) is 0.775. The summed E-state index contributed by atoms with van der Waals surface area (Å²) in [6, 6.07) is 14.2. The van der Waals surface area contributed by atoms with Crippen LogP contribution >= 0.6 is 11.3 Å². The SMILES string of the molecule is COC(=O)C1=C(C)NC(C)=C(C(=O)OC)C1c1ccc(Cc2ccccc2)s1. The van der Waals surface area contributed by atoms with Crippen molar-refractivity contribution < 1.29 is 19.1 Å². The maximum absolute atomic E-state index is 12.5. The van der Waals surface area contributed by atoms with Crippen molar-refractivity contribution >= 4 is 23.3 Å². The van der Waals surface area contributed by atoms with Crippen molar-refractivity contribution in [2.24, 2.45) is 0 Å². The first-order valence-electron chi connectivity index (χ1n) is 8.94. The Kier molecular flexibility index (Phi) is 5.99. The summed E-state index contributed by atoms with van der Waals surface area (Å²) in [6.45, 7) is 3.63. The summed E-state index contributed by atoms with van der Waals surface area (Å²) in [7, 11) is 2.69. The van der Waals surface area contributed by atoms with Crippen LogP contribution in [0.25, 0.3) is 0 Å². The molecular weight excluding hydrogens is 374 g/mol. The number of carbonyl (C=O) groups excluding carboxylic acids is 2. The second kappa shape index (κ2) is 8.44. The second-order valence-corrected chi connectivity index (χ2v) is 7.78. The van der Waals surface area contributed by atoms with Gasteiger partial charge in [0.05, 0.1) is 31.3 Å². The van der Waals surface area contributed by atoms with Gasteiger partial charge in [0.25, 0.3) is 0 Å². The van der Waals surface area contributed by atoms with Crippen molar-refractivity contribution in [3.05, 3.63) is 80.3 Å². The molecule has 0 atom stereocenters. The van der Waals surface area contributed by atoms with E-state index in [-0.39, 0.29) is 0 Å². The Bertz CT molecular complexity index is 918. The van der Waals surface area contributed by atoms with Gasteiger partial charge in [-0.2, -0.15) is 0 Å². The van der Waals surface area contributed by atoms with E-state index >= 15 is 0 Å². The molecule has 5 nitrogen and oxygen atoms in total. The molecule has 1 aromatic carbocycles. The lowest BCUT2D eigenvalue weighted by molar-refractivity contribution is -0.137. The van der Waals surface area contributed by atoms with E-state index in [0.717, 1.165) is 16.2 Å². The molecule has 1 aromatic heterocycles. The number of carbonyl (C=O) groups is 2. The summed E-state index contributed by atoms with van der Waals surface area (Å²) in [6.07, 6.45) is 0.795. The molecule has 2 aromatic rings. The Morgan fingerprint density at radius 3 is 2.04 bits per heavy atom. The number of allylic oxidation sites excluding steroid dienone is 2. The Labute approximate surface area is 168 Å². The van der Waals surface area contributed by atoms with Gasteiger partial charge in [-0.1, -0.05) is 30.3 Å². The Morgan fingerprint density at radius 2 is 1.50 bits per heavy atom. The minimum Gasteiger partial charge on any atom is -0.466 e. The molecule has 28 heavy (non-hydrogen) atoms. The number of thiophene rings is 1. The third kappa shape index (κ3) is 3.87. The molecular formula is C22H23NO4S. The third-order valence-corrected chi connectivity index (χ3v) is 5.91. The average Bonchev–Trinajstić information content (AvgIpc) is 3.15. The van der Waals surface area contributed by atoms with Crippen LogP contribution in [0.3, 0.4) is 0 Å². The number of dihydropyridines is 1. The zero-order valence-corrected chi connectivity index (χ0v) is 17.2. The highest BCUT2D eigenvalue weighted by Gasteiger charge is 2.38. The second-order valence-electron chi connectivity index (χ2n) is 6.58. The molecule has 6 heteroatoms. The van der Waals surface area contributed by atoms with Crippen molar-refractivity contribution in [3.63, 3.8) is 0 Å². The molecule has 0 bridgehead atoms. The van der Waals surface area contributed by atoms with E-state index in [9.17, 15) is 9.59 Å². The monoisotopic (exact) mass is 397 g/mol. The van der Waals surface area contributed by atoms with Gasteiger partial charge < -0.3 is 14.8 Å². The van der Waals surface area contributed by atoms with Crippen molar-refractivity contribution in [2.45, 2.75) is 26.2 Å². The molecule has 0 aliphatic carbocycles. The number of ether oxygens (including phenoxy) is 2. The Balaban J connectivity index is 2.04. The van der Waals surface area contributed by atoms with Gasteiger partial charge in [-0.15, -0.1) is 11.3 Å². The highest BCUT2D eigenvalue weighted by molar-refractivity contribution is 7.12. The minimum atomic E-state index is -0.518. The first-order chi connectivity index (χ1) is 13.5. The van der Waals surface area contributed by atoms with Crippen LogP contribution < -0.4 is 5.32 Å². The van der Waals surface area contributed by atoms with Gasteiger partial charge in [0, 0.05) is 27.6 Å². The number of hydrogen-bond acceptors (Lipinski definition) is 6. The van der Waals surface area contributed by atoms with Gasteiger partial charge in [0.15, 0.2) is 0 Å². The lowest BCUT2D eigenvalue weighted by atomic mass is 9.84. The van der Waals surface area contributed by atoms with E-state index in [0.29, 0.717) is 22.5 Å². The van der Waals surface area contributed by atoms with Crippen LogP contribution in [0.15, 0.2) is 65.0 Å². The summed E-state index contributed by atoms with van der Waals surface area (Å²) in [5.74, 6) is -1.43. The number of hydrogen-bond donors (Lipinski definition) is 1. The highest BCUT2D eigenvalue weighted by Crippen LogP contribution is 2.42. The van der Waals surface area contributed by atoms with Crippen LogP contribution in [0.5, 0.6) is 0 Å². The van der Waals surface area contributed by atoms with Crippen molar-refractivity contribution in [3.8, 4) is 0 Å². The van der Waals surface area contributed by atoms with Crippen LogP contribution in [0, 0.1) is 0 Å². The molecule has 0 amide bonds. The van der Waals surface area contributed by atoms with Crippen LogP contribution in [0.1, 0.15) is 35.1 Å². The van der Waals surface area contributed by atoms with Crippen molar-refractivity contribution in [1.29, 1.82) is 0 Å². The first-order valence-corrected chi connectivity index (χ1v) is 9.75. The summed E-state index contributed by atoms with van der Waals surface area (Å²) >= 11 is 1.59. The molecule has 0 spiro atoms. The van der Waals surface area contributed by atoms with Crippen molar-refractivity contribution in [1.82, 2.24) is 5.32 Å². The van der Waals surface area contributed by atoms with Crippen LogP contribution in [-0.4, -0.2) is 26.2 Å².